The van der Waals surface area contributed by atoms with Gasteiger partial charge in [-0.15, -0.1) is 0 Å². The zero-order chi connectivity index (χ0) is 22.5. The Kier molecular flexibility index (Phi) is 6.22. The monoisotopic (exact) mass is 435 g/mol. The highest BCUT2D eigenvalue weighted by Gasteiger charge is 2.27. The molecule has 164 valence electrons. The summed E-state index contributed by atoms with van der Waals surface area (Å²) in [6.07, 6.45) is 2.09. The number of amides is 1. The molecular weight excluding hydrogens is 413 g/mol. The van der Waals surface area contributed by atoms with Crippen LogP contribution in [0, 0.1) is 17.1 Å². The first-order valence-corrected chi connectivity index (χ1v) is 10.3. The molecule has 1 aliphatic rings. The number of aromatic nitrogens is 1. The fourth-order valence-electron chi connectivity index (χ4n) is 3.93. The zero-order valence-corrected chi connectivity index (χ0v) is 17.1. The molecule has 1 amide bonds. The zero-order valence-electron chi connectivity index (χ0n) is 17.1. The minimum absolute atomic E-state index is 0.106. The molecule has 3 aromatic rings. The highest BCUT2D eigenvalue weighted by molar-refractivity contribution is 5.72. The van der Waals surface area contributed by atoms with Crippen molar-refractivity contribution in [3.8, 4) is 17.3 Å². The first-order valence-electron chi connectivity index (χ1n) is 10.3. The van der Waals surface area contributed by atoms with Gasteiger partial charge in [0.15, 0.2) is 0 Å². The van der Waals surface area contributed by atoms with E-state index in [0.29, 0.717) is 30.1 Å². The maximum Gasteiger partial charge on any atom is 0.404 e. The molecule has 4 rings (SSSR count). The van der Waals surface area contributed by atoms with Crippen LogP contribution in [-0.2, 0) is 0 Å². The predicted molar refractivity (Wildman–Crippen MR) is 117 cm³/mol. The molecular formula is C23H22FN5O3. The lowest BCUT2D eigenvalue weighted by Crippen LogP contribution is -2.48. The third-order valence-corrected chi connectivity index (χ3v) is 5.48. The van der Waals surface area contributed by atoms with Crippen LogP contribution in [-0.4, -0.2) is 28.4 Å². The fraction of sp³-hybridized carbons (Fsp3) is 0.261. The molecule has 0 aliphatic heterocycles. The molecule has 8 nitrogen and oxygen atoms in total. The quantitative estimate of drug-likeness (QED) is 0.425. The van der Waals surface area contributed by atoms with Crippen LogP contribution in [0.15, 0.2) is 53.1 Å². The molecule has 1 fully saturated rings. The smallest absolute Gasteiger partial charge is 0.404 e. The van der Waals surface area contributed by atoms with Gasteiger partial charge in [-0.25, -0.2) is 9.18 Å². The lowest BCUT2D eigenvalue weighted by atomic mass is 9.90. The fourth-order valence-corrected chi connectivity index (χ4v) is 3.93. The molecule has 0 unspecified atom stereocenters. The van der Waals surface area contributed by atoms with E-state index < -0.39 is 11.9 Å². The van der Waals surface area contributed by atoms with E-state index in [9.17, 15) is 14.4 Å². The molecule has 9 heteroatoms. The van der Waals surface area contributed by atoms with Crippen molar-refractivity contribution >= 4 is 23.4 Å². The van der Waals surface area contributed by atoms with Crippen LogP contribution in [0.25, 0.3) is 11.3 Å². The highest BCUT2D eigenvalue weighted by atomic mass is 19.1. The van der Waals surface area contributed by atoms with Crippen LogP contribution in [0.5, 0.6) is 0 Å². The molecule has 0 radical (unpaired) electrons. The van der Waals surface area contributed by atoms with Gasteiger partial charge in [-0.1, -0.05) is 48.3 Å². The van der Waals surface area contributed by atoms with Crippen molar-refractivity contribution < 1.29 is 18.8 Å². The minimum Gasteiger partial charge on any atom is -0.465 e. The topological polar surface area (TPSA) is 123 Å². The number of nitrogens with one attached hydrogen (secondary N) is 3. The number of nitrogens with zero attached hydrogens (tertiary/aromatic N) is 2. The predicted octanol–water partition coefficient (Wildman–Crippen LogP) is 5.09. The van der Waals surface area contributed by atoms with Crippen LogP contribution >= 0.6 is 0 Å². The standard InChI is InChI=1S/C23H22FN5O3/c24-16-10-15(13-25)19(27-22-12-20(29-32-22)14-6-2-1-3-7-14)11-21(16)26-17-8-4-5-9-18(17)28-23(30)31/h1-3,6-7,10-12,17-18,26-28H,4-5,8-9H2,(H,30,31)/t17-,18+/m1/s1. The molecule has 2 aromatic carbocycles. The molecule has 1 aliphatic carbocycles. The van der Waals surface area contributed by atoms with Gasteiger partial charge in [0.2, 0.25) is 5.88 Å². The minimum atomic E-state index is -1.11. The lowest BCUT2D eigenvalue weighted by molar-refractivity contribution is 0.184. The van der Waals surface area contributed by atoms with Gasteiger partial charge in [-0.05, 0) is 25.0 Å². The van der Waals surface area contributed by atoms with Crippen molar-refractivity contribution in [2.24, 2.45) is 0 Å². The third kappa shape index (κ3) is 4.81. The molecule has 1 aromatic heterocycles. The van der Waals surface area contributed by atoms with Crippen molar-refractivity contribution in [2.45, 2.75) is 37.8 Å². The van der Waals surface area contributed by atoms with Gasteiger partial charge in [0.25, 0.3) is 0 Å². The summed E-state index contributed by atoms with van der Waals surface area (Å²) in [6.45, 7) is 0. The van der Waals surface area contributed by atoms with Gasteiger partial charge in [0.1, 0.15) is 17.6 Å². The molecule has 0 spiro atoms. The maximum absolute atomic E-state index is 14.7. The van der Waals surface area contributed by atoms with Crippen LogP contribution in [0.4, 0.5) is 26.4 Å². The molecule has 32 heavy (non-hydrogen) atoms. The van der Waals surface area contributed by atoms with E-state index in [0.717, 1.165) is 24.5 Å². The molecule has 0 bridgehead atoms. The van der Waals surface area contributed by atoms with Crippen molar-refractivity contribution in [2.75, 3.05) is 10.6 Å². The Bertz CT molecular complexity index is 1140. The highest BCUT2D eigenvalue weighted by Crippen LogP contribution is 2.31. The van der Waals surface area contributed by atoms with E-state index in [2.05, 4.69) is 21.1 Å². The molecule has 0 saturated heterocycles. The Morgan fingerprint density at radius 3 is 2.59 bits per heavy atom. The summed E-state index contributed by atoms with van der Waals surface area (Å²) in [6, 6.07) is 15.2. The summed E-state index contributed by atoms with van der Waals surface area (Å²) in [5.41, 5.74) is 2.14. The van der Waals surface area contributed by atoms with E-state index in [1.54, 1.807) is 6.07 Å². The maximum atomic E-state index is 14.7. The van der Waals surface area contributed by atoms with Gasteiger partial charge < -0.3 is 25.6 Å². The van der Waals surface area contributed by atoms with Gasteiger partial charge in [-0.3, -0.25) is 0 Å². The molecule has 2 atom stereocenters. The van der Waals surface area contributed by atoms with Crippen LogP contribution in [0.3, 0.4) is 0 Å². The van der Waals surface area contributed by atoms with Crippen molar-refractivity contribution in [3.63, 3.8) is 0 Å². The first kappa shape index (κ1) is 21.2. The molecule has 1 saturated carbocycles. The van der Waals surface area contributed by atoms with E-state index in [1.165, 1.54) is 6.07 Å². The number of hydrogen-bond acceptors (Lipinski definition) is 6. The number of rotatable bonds is 6. The number of anilines is 3. The Labute approximate surface area is 184 Å². The number of carboxylic acid groups (broad SMARTS) is 1. The number of carbonyl (C=O) groups is 1. The van der Waals surface area contributed by atoms with E-state index in [4.69, 9.17) is 9.63 Å². The summed E-state index contributed by atoms with van der Waals surface area (Å²) >= 11 is 0. The number of halogens is 1. The Morgan fingerprint density at radius 2 is 1.88 bits per heavy atom. The second kappa shape index (κ2) is 9.39. The first-order chi connectivity index (χ1) is 15.5. The largest absolute Gasteiger partial charge is 0.465 e. The van der Waals surface area contributed by atoms with Gasteiger partial charge in [0, 0.05) is 17.7 Å². The molecule has 4 N–H and O–H groups in total. The van der Waals surface area contributed by atoms with Gasteiger partial charge in [0.05, 0.1) is 23.0 Å². The Morgan fingerprint density at radius 1 is 1.12 bits per heavy atom. The van der Waals surface area contributed by atoms with E-state index in [-0.39, 0.29) is 23.3 Å². The average Bonchev–Trinajstić information content (AvgIpc) is 3.26. The average molecular weight is 435 g/mol. The second-order valence-corrected chi connectivity index (χ2v) is 7.65. The van der Waals surface area contributed by atoms with Crippen molar-refractivity contribution in [1.29, 1.82) is 5.26 Å². The van der Waals surface area contributed by atoms with Gasteiger partial charge in [-0.2, -0.15) is 5.26 Å². The Balaban J connectivity index is 1.57. The number of hydrogen-bond donors (Lipinski definition) is 4. The van der Waals surface area contributed by atoms with Crippen molar-refractivity contribution in [3.05, 3.63) is 59.9 Å². The summed E-state index contributed by atoms with van der Waals surface area (Å²) in [7, 11) is 0. The summed E-state index contributed by atoms with van der Waals surface area (Å²) in [5, 5.41) is 31.2. The Hall–Kier alpha value is -4.06. The van der Waals surface area contributed by atoms with Crippen LogP contribution in [0.1, 0.15) is 31.2 Å². The van der Waals surface area contributed by atoms with Gasteiger partial charge >= 0.3 is 6.09 Å². The lowest BCUT2D eigenvalue weighted by Gasteiger charge is -2.33. The van der Waals surface area contributed by atoms with E-state index >= 15 is 0 Å². The number of nitriles is 1. The SMILES string of the molecule is N#Cc1cc(F)c(N[C@@H]2CCCC[C@@H]2NC(=O)O)cc1Nc1cc(-c2ccccc2)no1. The number of benzene rings is 2. The van der Waals surface area contributed by atoms with Crippen LogP contribution < -0.4 is 16.0 Å². The second-order valence-electron chi connectivity index (χ2n) is 7.65. The summed E-state index contributed by atoms with van der Waals surface area (Å²) in [4.78, 5) is 11.1. The summed E-state index contributed by atoms with van der Waals surface area (Å²) in [5.74, 6) is -0.282. The van der Waals surface area contributed by atoms with E-state index in [1.807, 2.05) is 36.4 Å². The molecule has 1 heterocycles. The normalized spacial score (nSPS) is 17.9. The van der Waals surface area contributed by atoms with Crippen molar-refractivity contribution in [1.82, 2.24) is 10.5 Å². The third-order valence-electron chi connectivity index (χ3n) is 5.48. The summed E-state index contributed by atoms with van der Waals surface area (Å²) < 4.78 is 20.1. The van der Waals surface area contributed by atoms with Crippen LogP contribution in [0.2, 0.25) is 0 Å².